The number of hydrogen-bond acceptors (Lipinski definition) is 5. The lowest BCUT2D eigenvalue weighted by Crippen LogP contribution is -2.40. The van der Waals surface area contributed by atoms with Gasteiger partial charge in [0.2, 0.25) is 11.8 Å². The van der Waals surface area contributed by atoms with E-state index < -0.39 is 32.0 Å². The lowest BCUT2D eigenvalue weighted by molar-refractivity contribution is -0.123. The summed E-state index contributed by atoms with van der Waals surface area (Å²) in [5.74, 6) is -1.86. The Morgan fingerprint density at radius 2 is 1.91 bits per heavy atom. The third kappa shape index (κ3) is 3.41. The van der Waals surface area contributed by atoms with E-state index in [1.807, 2.05) is 0 Å². The zero-order chi connectivity index (χ0) is 23.4. The number of methoxy groups -OCH3 is 1. The molecule has 170 valence electrons. The molecule has 1 aromatic heterocycles. The van der Waals surface area contributed by atoms with Crippen LogP contribution in [0.2, 0.25) is 0 Å². The zero-order valence-electron chi connectivity index (χ0n) is 17.5. The van der Waals surface area contributed by atoms with Crippen molar-refractivity contribution in [3.8, 4) is 17.0 Å². The molecule has 1 spiro atoms. The van der Waals surface area contributed by atoms with E-state index in [-0.39, 0.29) is 11.6 Å². The molecule has 2 aliphatic rings. The summed E-state index contributed by atoms with van der Waals surface area (Å²) in [5, 5.41) is 2.95. The van der Waals surface area contributed by atoms with Gasteiger partial charge in [0.05, 0.1) is 18.2 Å². The van der Waals surface area contributed by atoms with E-state index in [2.05, 4.69) is 15.0 Å². The van der Waals surface area contributed by atoms with E-state index >= 15 is 0 Å². The van der Waals surface area contributed by atoms with Crippen molar-refractivity contribution in [3.63, 3.8) is 0 Å². The van der Waals surface area contributed by atoms with Gasteiger partial charge in [0.1, 0.15) is 16.5 Å². The Labute approximate surface area is 188 Å². The van der Waals surface area contributed by atoms with Crippen molar-refractivity contribution in [2.45, 2.75) is 29.6 Å². The summed E-state index contributed by atoms with van der Waals surface area (Å²) in [6.45, 7) is 0. The molecule has 2 N–H and O–H groups in total. The summed E-state index contributed by atoms with van der Waals surface area (Å²) in [7, 11) is -2.89. The van der Waals surface area contributed by atoms with Gasteiger partial charge in [0.15, 0.2) is 0 Å². The highest BCUT2D eigenvalue weighted by molar-refractivity contribution is 7.92. The van der Waals surface area contributed by atoms with E-state index in [9.17, 15) is 22.0 Å². The minimum Gasteiger partial charge on any atom is -0.481 e. The van der Waals surface area contributed by atoms with Crippen LogP contribution in [-0.4, -0.2) is 26.4 Å². The first-order valence-electron chi connectivity index (χ1n) is 10.2. The second kappa shape index (κ2) is 7.51. The molecule has 1 aliphatic carbocycles. The average Bonchev–Trinajstić information content (AvgIpc) is 3.04. The molecule has 1 saturated carbocycles. The number of benzene rings is 2. The van der Waals surface area contributed by atoms with Crippen LogP contribution in [0, 0.1) is 11.6 Å². The van der Waals surface area contributed by atoms with Gasteiger partial charge in [-0.1, -0.05) is 6.42 Å². The number of rotatable bonds is 5. The Hall–Kier alpha value is -3.53. The molecule has 1 amide bonds. The number of carbonyl (C=O) groups excluding carboxylic acids is 1. The first-order valence-corrected chi connectivity index (χ1v) is 11.7. The van der Waals surface area contributed by atoms with Gasteiger partial charge >= 0.3 is 0 Å². The molecule has 0 bridgehead atoms. The third-order valence-electron chi connectivity index (χ3n) is 6.22. The van der Waals surface area contributed by atoms with Crippen LogP contribution in [0.5, 0.6) is 5.88 Å². The molecule has 0 atom stereocenters. The fourth-order valence-corrected chi connectivity index (χ4v) is 5.52. The Balaban J connectivity index is 1.65. The lowest BCUT2D eigenvalue weighted by Gasteiger charge is -2.36. The predicted octanol–water partition coefficient (Wildman–Crippen LogP) is 4.21. The molecule has 1 fully saturated rings. The lowest BCUT2D eigenvalue weighted by atomic mass is 9.65. The number of amides is 1. The van der Waals surface area contributed by atoms with Gasteiger partial charge in [0, 0.05) is 29.6 Å². The minimum absolute atomic E-state index is 0.129. The van der Waals surface area contributed by atoms with Crippen molar-refractivity contribution in [1.29, 1.82) is 0 Å². The van der Waals surface area contributed by atoms with Crippen LogP contribution in [-0.2, 0) is 20.2 Å². The van der Waals surface area contributed by atoms with Gasteiger partial charge in [-0.15, -0.1) is 0 Å². The molecule has 0 saturated heterocycles. The molecule has 0 radical (unpaired) electrons. The van der Waals surface area contributed by atoms with Crippen LogP contribution in [0.1, 0.15) is 24.8 Å². The molecule has 2 heterocycles. The maximum Gasteiger partial charge on any atom is 0.264 e. The first kappa shape index (κ1) is 21.3. The number of anilines is 2. The molecule has 10 heteroatoms. The molecule has 5 rings (SSSR count). The van der Waals surface area contributed by atoms with Gasteiger partial charge in [-0.25, -0.2) is 22.2 Å². The number of fused-ring (bicyclic) bond motifs is 2. The van der Waals surface area contributed by atoms with E-state index in [0.717, 1.165) is 18.6 Å². The summed E-state index contributed by atoms with van der Waals surface area (Å²) in [6, 6.07) is 8.81. The normalized spacial score (nSPS) is 16.2. The summed E-state index contributed by atoms with van der Waals surface area (Å²) in [4.78, 5) is 16.3. The Morgan fingerprint density at radius 1 is 1.12 bits per heavy atom. The largest absolute Gasteiger partial charge is 0.481 e. The number of ether oxygens (including phenoxy) is 1. The molecular weight excluding hydrogens is 452 g/mol. The van der Waals surface area contributed by atoms with E-state index in [0.29, 0.717) is 47.2 Å². The number of aromatic nitrogens is 1. The fraction of sp³-hybridized carbons (Fsp3) is 0.217. The highest BCUT2D eigenvalue weighted by atomic mass is 32.2. The number of hydrogen-bond donors (Lipinski definition) is 2. The molecule has 2 aromatic carbocycles. The standard InChI is InChI=1S/C23H19F2N3O4S/c1-32-20-9-13(5-8-26-20)16-11-15(12-17-21(16)27-22(29)23(17)6-2-7-23)28-33(30,31)19-4-3-14(24)10-18(19)25/h3-5,8-12,28H,2,6-7H2,1H3,(H,27,29). The minimum atomic E-state index is -4.36. The van der Waals surface area contributed by atoms with Gasteiger partial charge in [-0.3, -0.25) is 9.52 Å². The number of carbonyl (C=O) groups is 1. The van der Waals surface area contributed by atoms with Crippen LogP contribution >= 0.6 is 0 Å². The van der Waals surface area contributed by atoms with Crippen molar-refractivity contribution >= 4 is 27.3 Å². The van der Waals surface area contributed by atoms with Gasteiger partial charge in [-0.05, 0) is 54.3 Å². The second-order valence-corrected chi connectivity index (χ2v) is 9.75. The summed E-state index contributed by atoms with van der Waals surface area (Å²) >= 11 is 0. The first-order chi connectivity index (χ1) is 15.7. The quantitative estimate of drug-likeness (QED) is 0.581. The second-order valence-electron chi connectivity index (χ2n) is 8.10. The summed E-state index contributed by atoms with van der Waals surface area (Å²) < 4.78 is 60.9. The highest BCUT2D eigenvalue weighted by Gasteiger charge is 2.52. The average molecular weight is 471 g/mol. The van der Waals surface area contributed by atoms with E-state index in [1.54, 1.807) is 30.5 Å². The predicted molar refractivity (Wildman–Crippen MR) is 118 cm³/mol. The van der Waals surface area contributed by atoms with Gasteiger partial charge < -0.3 is 10.1 Å². The summed E-state index contributed by atoms with van der Waals surface area (Å²) in [5.41, 5.74) is 1.95. The number of pyridine rings is 1. The van der Waals surface area contributed by atoms with E-state index in [4.69, 9.17) is 4.74 Å². The Kier molecular flexibility index (Phi) is 4.86. The monoisotopic (exact) mass is 471 g/mol. The van der Waals surface area contributed by atoms with Crippen molar-refractivity contribution in [1.82, 2.24) is 4.98 Å². The smallest absolute Gasteiger partial charge is 0.264 e. The number of sulfonamides is 1. The maximum absolute atomic E-state index is 14.2. The van der Waals surface area contributed by atoms with Crippen molar-refractivity contribution in [3.05, 3.63) is 65.9 Å². The van der Waals surface area contributed by atoms with Crippen LogP contribution in [0.25, 0.3) is 11.1 Å². The number of nitrogens with zero attached hydrogens (tertiary/aromatic N) is 1. The van der Waals surface area contributed by atoms with Crippen LogP contribution < -0.4 is 14.8 Å². The van der Waals surface area contributed by atoms with Crippen LogP contribution in [0.3, 0.4) is 0 Å². The fourth-order valence-electron chi connectivity index (χ4n) is 4.41. The van der Waals surface area contributed by atoms with Crippen LogP contribution in [0.4, 0.5) is 20.2 Å². The number of nitrogens with one attached hydrogen (secondary N) is 2. The number of halogens is 2. The Bertz CT molecular complexity index is 1400. The molecule has 3 aromatic rings. The van der Waals surface area contributed by atoms with Gasteiger partial charge in [-0.2, -0.15) is 0 Å². The topological polar surface area (TPSA) is 97.4 Å². The van der Waals surface area contributed by atoms with E-state index in [1.165, 1.54) is 7.11 Å². The SMILES string of the molecule is COc1cc(-c2cc(NS(=O)(=O)c3ccc(F)cc3F)cc3c2NC(=O)C32CCC2)ccn1. The Morgan fingerprint density at radius 3 is 2.58 bits per heavy atom. The van der Waals surface area contributed by atoms with Crippen molar-refractivity contribution in [2.75, 3.05) is 17.1 Å². The van der Waals surface area contributed by atoms with Crippen molar-refractivity contribution in [2.24, 2.45) is 0 Å². The maximum atomic E-state index is 14.2. The summed E-state index contributed by atoms with van der Waals surface area (Å²) in [6.07, 6.45) is 3.71. The van der Waals surface area contributed by atoms with Crippen molar-refractivity contribution < 1.29 is 26.7 Å². The molecule has 0 unspecified atom stereocenters. The zero-order valence-corrected chi connectivity index (χ0v) is 18.3. The van der Waals surface area contributed by atoms with Gasteiger partial charge in [0.25, 0.3) is 10.0 Å². The highest BCUT2D eigenvalue weighted by Crippen LogP contribution is 2.54. The molecule has 33 heavy (non-hydrogen) atoms. The molecular formula is C23H19F2N3O4S. The van der Waals surface area contributed by atoms with Crippen LogP contribution in [0.15, 0.2) is 53.6 Å². The molecule has 1 aliphatic heterocycles. The third-order valence-corrected chi connectivity index (χ3v) is 7.64. The molecule has 7 nitrogen and oxygen atoms in total.